The highest BCUT2D eigenvalue weighted by atomic mass is 31.2. The predicted octanol–water partition coefficient (Wildman–Crippen LogP) is 3.67. The Morgan fingerprint density at radius 2 is 1.74 bits per heavy atom. The largest absolute Gasteiger partial charge is 0.463 e. The van der Waals surface area contributed by atoms with Gasteiger partial charge in [-0.15, -0.1) is 0 Å². The Morgan fingerprint density at radius 3 is 2.22 bits per heavy atom. The van der Waals surface area contributed by atoms with Gasteiger partial charge in [-0.3, -0.25) is 4.57 Å². The van der Waals surface area contributed by atoms with Gasteiger partial charge in [-0.05, 0) is 26.3 Å². The minimum atomic E-state index is -3.79. The number of rotatable bonds is 8. The minimum Gasteiger partial charge on any atom is -0.463 e. The number of esters is 1. The third kappa shape index (κ3) is 3.36. The molecule has 0 N–H and O–H groups in total. The van der Waals surface area contributed by atoms with Gasteiger partial charge in [0.25, 0.3) is 5.34 Å². The molecule has 1 unspecified atom stereocenters. The summed E-state index contributed by atoms with van der Waals surface area (Å²) >= 11 is 0. The summed E-state index contributed by atoms with van der Waals surface area (Å²) in [7, 11) is -3.79. The zero-order valence-electron chi connectivity index (χ0n) is 13.7. The molecule has 23 heavy (non-hydrogen) atoms. The zero-order chi connectivity index (χ0) is 16.9. The molecule has 0 aromatic heterocycles. The van der Waals surface area contributed by atoms with Gasteiger partial charge in [0.2, 0.25) is 0 Å². The maximum absolute atomic E-state index is 13.1. The van der Waals surface area contributed by atoms with Gasteiger partial charge in [0, 0.05) is 6.42 Å². The van der Waals surface area contributed by atoms with Crippen molar-refractivity contribution in [3.8, 4) is 0 Å². The van der Waals surface area contributed by atoms with Gasteiger partial charge in [-0.1, -0.05) is 30.3 Å². The first-order chi connectivity index (χ1) is 11.0. The second kappa shape index (κ2) is 7.58. The van der Waals surface area contributed by atoms with E-state index in [1.54, 1.807) is 20.8 Å². The van der Waals surface area contributed by atoms with E-state index in [1.807, 2.05) is 30.3 Å². The quantitative estimate of drug-likeness (QED) is 0.530. The molecule has 0 spiro atoms. The van der Waals surface area contributed by atoms with Crippen LogP contribution in [-0.2, 0) is 27.9 Å². The van der Waals surface area contributed by atoms with Crippen molar-refractivity contribution < 1.29 is 27.9 Å². The van der Waals surface area contributed by atoms with Gasteiger partial charge in [0.15, 0.2) is 0 Å². The van der Waals surface area contributed by atoms with E-state index in [4.69, 9.17) is 18.5 Å². The molecular formula is C16H23O6P. The second-order valence-corrected chi connectivity index (χ2v) is 7.29. The maximum Gasteiger partial charge on any atom is 0.373 e. The van der Waals surface area contributed by atoms with Crippen LogP contribution in [-0.4, -0.2) is 31.1 Å². The van der Waals surface area contributed by atoms with E-state index in [1.165, 1.54) is 0 Å². The number of benzene rings is 1. The van der Waals surface area contributed by atoms with Crippen molar-refractivity contribution in [2.24, 2.45) is 0 Å². The van der Waals surface area contributed by atoms with Crippen molar-refractivity contribution in [2.45, 2.75) is 38.6 Å². The summed E-state index contributed by atoms with van der Waals surface area (Å²) < 4.78 is 34.7. The molecule has 0 saturated carbocycles. The molecule has 0 amide bonds. The van der Waals surface area contributed by atoms with Crippen LogP contribution in [0.3, 0.4) is 0 Å². The van der Waals surface area contributed by atoms with E-state index >= 15 is 0 Å². The van der Waals surface area contributed by atoms with Crippen LogP contribution in [0.15, 0.2) is 30.3 Å². The lowest BCUT2D eigenvalue weighted by Gasteiger charge is -2.47. The van der Waals surface area contributed by atoms with Crippen LogP contribution in [0.5, 0.6) is 0 Å². The normalized spacial score (nSPS) is 24.0. The lowest BCUT2D eigenvalue weighted by Crippen LogP contribution is -2.53. The highest BCUT2D eigenvalue weighted by Gasteiger charge is 2.67. The molecule has 1 aromatic carbocycles. The van der Waals surface area contributed by atoms with Gasteiger partial charge < -0.3 is 18.5 Å². The van der Waals surface area contributed by atoms with E-state index in [2.05, 4.69) is 0 Å². The standard InChI is InChI=1S/C16H23O6P/c1-4-19-15(17)16(23(18,20-5-2)21-6-3)12-14(22-16)13-10-8-7-9-11-13/h7-11,14H,4-6,12H2,1-3H3/t14?,16-/m1/s1. The first-order valence-corrected chi connectivity index (χ1v) is 9.36. The molecule has 1 fully saturated rings. The lowest BCUT2D eigenvalue weighted by molar-refractivity contribution is -0.206. The lowest BCUT2D eigenvalue weighted by atomic mass is 9.97. The molecule has 1 heterocycles. The number of ether oxygens (including phenoxy) is 2. The summed E-state index contributed by atoms with van der Waals surface area (Å²) in [4.78, 5) is 12.4. The third-order valence-corrected chi connectivity index (χ3v) is 6.16. The second-order valence-electron chi connectivity index (χ2n) is 5.06. The first-order valence-electron chi connectivity index (χ1n) is 7.82. The molecular weight excluding hydrogens is 319 g/mol. The van der Waals surface area contributed by atoms with Crippen LogP contribution in [0.4, 0.5) is 0 Å². The molecule has 2 atom stereocenters. The van der Waals surface area contributed by atoms with E-state index < -0.39 is 18.9 Å². The van der Waals surface area contributed by atoms with E-state index in [9.17, 15) is 9.36 Å². The predicted molar refractivity (Wildman–Crippen MR) is 85.1 cm³/mol. The van der Waals surface area contributed by atoms with Gasteiger partial charge in [-0.2, -0.15) is 0 Å². The Balaban J connectivity index is 2.29. The fraction of sp³-hybridized carbons (Fsp3) is 0.562. The summed E-state index contributed by atoms with van der Waals surface area (Å²) in [6.45, 7) is 5.54. The zero-order valence-corrected chi connectivity index (χ0v) is 14.6. The maximum atomic E-state index is 13.1. The van der Waals surface area contributed by atoms with Crippen LogP contribution < -0.4 is 0 Å². The Bertz CT molecular complexity index is 557. The summed E-state index contributed by atoms with van der Waals surface area (Å²) in [6.07, 6.45) is -0.137. The van der Waals surface area contributed by atoms with Crippen LogP contribution >= 0.6 is 7.60 Å². The first kappa shape index (κ1) is 18.1. The molecule has 128 valence electrons. The van der Waals surface area contributed by atoms with Crippen molar-refractivity contribution in [1.29, 1.82) is 0 Å². The highest BCUT2D eigenvalue weighted by Crippen LogP contribution is 2.69. The molecule has 7 heteroatoms. The summed E-state index contributed by atoms with van der Waals surface area (Å²) in [5, 5.41) is -1.68. The van der Waals surface area contributed by atoms with Gasteiger partial charge in [0.05, 0.1) is 25.9 Å². The number of hydrogen-bond acceptors (Lipinski definition) is 6. The Kier molecular flexibility index (Phi) is 5.98. The Morgan fingerprint density at radius 1 is 1.17 bits per heavy atom. The molecule has 2 rings (SSSR count). The molecule has 1 aliphatic heterocycles. The number of carbonyl (C=O) groups is 1. The summed E-state index contributed by atoms with van der Waals surface area (Å²) in [5.74, 6) is -0.697. The molecule has 0 radical (unpaired) electrons. The average molecular weight is 342 g/mol. The van der Waals surface area contributed by atoms with Crippen LogP contribution in [0.2, 0.25) is 0 Å². The average Bonchev–Trinajstić information content (AvgIpc) is 2.48. The van der Waals surface area contributed by atoms with E-state index in [0.717, 1.165) is 5.56 Å². The smallest absolute Gasteiger partial charge is 0.373 e. The van der Waals surface area contributed by atoms with E-state index in [-0.39, 0.29) is 32.3 Å². The van der Waals surface area contributed by atoms with Crippen LogP contribution in [0, 0.1) is 0 Å². The van der Waals surface area contributed by atoms with E-state index in [0.29, 0.717) is 0 Å². The van der Waals surface area contributed by atoms with Crippen LogP contribution in [0.25, 0.3) is 0 Å². The monoisotopic (exact) mass is 342 g/mol. The topological polar surface area (TPSA) is 71.1 Å². The molecule has 1 aliphatic rings. The van der Waals surface area contributed by atoms with Crippen molar-refractivity contribution in [3.63, 3.8) is 0 Å². The SMILES string of the molecule is CCOC(=O)[C@]1(P(=O)(OCC)OCC)CC(c2ccccc2)O1. The van der Waals surface area contributed by atoms with Crippen molar-refractivity contribution in [2.75, 3.05) is 19.8 Å². The van der Waals surface area contributed by atoms with Crippen molar-refractivity contribution in [3.05, 3.63) is 35.9 Å². The Hall–Kier alpha value is -1.20. The molecule has 6 nitrogen and oxygen atoms in total. The van der Waals surface area contributed by atoms with Crippen LogP contribution in [0.1, 0.15) is 38.9 Å². The van der Waals surface area contributed by atoms with Gasteiger partial charge >= 0.3 is 13.6 Å². The fourth-order valence-corrected chi connectivity index (χ4v) is 4.69. The molecule has 0 aliphatic carbocycles. The highest BCUT2D eigenvalue weighted by molar-refractivity contribution is 7.56. The Labute approximate surface area is 136 Å². The summed E-state index contributed by atoms with van der Waals surface area (Å²) in [5.41, 5.74) is 0.909. The third-order valence-electron chi connectivity index (χ3n) is 3.61. The summed E-state index contributed by atoms with van der Waals surface area (Å²) in [6, 6.07) is 9.45. The fourth-order valence-electron chi connectivity index (χ4n) is 2.58. The minimum absolute atomic E-state index is 0.151. The number of hydrogen-bond donors (Lipinski definition) is 0. The number of carbonyl (C=O) groups excluding carboxylic acids is 1. The van der Waals surface area contributed by atoms with Gasteiger partial charge in [-0.25, -0.2) is 4.79 Å². The van der Waals surface area contributed by atoms with Crippen molar-refractivity contribution >= 4 is 13.6 Å². The van der Waals surface area contributed by atoms with Crippen molar-refractivity contribution in [1.82, 2.24) is 0 Å². The van der Waals surface area contributed by atoms with Gasteiger partial charge in [0.1, 0.15) is 0 Å². The molecule has 1 saturated heterocycles. The molecule has 0 bridgehead atoms. The molecule has 1 aromatic rings.